The molecule has 6 nitrogen and oxygen atoms in total. The van der Waals surface area contributed by atoms with E-state index in [2.05, 4.69) is 131 Å². The van der Waals surface area contributed by atoms with E-state index < -0.39 is 67.5 Å². The van der Waals surface area contributed by atoms with Gasteiger partial charge in [0.15, 0.2) is 33.3 Å². The summed E-state index contributed by atoms with van der Waals surface area (Å²) in [7, 11) is -14.4. The summed E-state index contributed by atoms with van der Waals surface area (Å²) in [4.78, 5) is 0. The Hall–Kier alpha value is 1.50. The Balaban J connectivity index is 0. The molecule has 0 aliphatic rings. The summed E-state index contributed by atoms with van der Waals surface area (Å²) >= 11 is 0. The summed E-state index contributed by atoms with van der Waals surface area (Å²) in [6.07, 6.45) is 0. The van der Waals surface area contributed by atoms with Crippen LogP contribution in [0.15, 0.2) is 0 Å². The van der Waals surface area contributed by atoms with Crippen molar-refractivity contribution in [1.82, 2.24) is 0 Å². The van der Waals surface area contributed by atoms with Crippen molar-refractivity contribution in [3.63, 3.8) is 0 Å². The lowest BCUT2D eigenvalue weighted by molar-refractivity contribution is 0.329. The van der Waals surface area contributed by atoms with Gasteiger partial charge in [-0.3, -0.25) is 0 Å². The van der Waals surface area contributed by atoms with Crippen LogP contribution in [0, 0.1) is 0 Å². The predicted octanol–water partition coefficient (Wildman–Crippen LogP) is 8.22. The highest BCUT2D eigenvalue weighted by molar-refractivity contribution is 6.90. The highest BCUT2D eigenvalue weighted by Gasteiger charge is 2.42. The molecule has 0 aliphatic carbocycles. The number of hydrogen-bond acceptors (Lipinski definition) is 6. The third-order valence-electron chi connectivity index (χ3n) is 3.19. The Labute approximate surface area is 222 Å². The standard InChI is InChI=1S/2C10H30O3Si4/c2*1-14(2,3)11-16(7,8)13-17(9,10)12-15(4,5)6/h2*1-10H3. The Morgan fingerprint density at radius 1 is 0.206 bits per heavy atom. The highest BCUT2D eigenvalue weighted by atomic mass is 28.5. The fourth-order valence-electron chi connectivity index (χ4n) is 4.22. The largest absolute Gasteiger partial charge is 0.437 e. The smallest absolute Gasteiger partial charge is 0.312 e. The summed E-state index contributed by atoms with van der Waals surface area (Å²) < 4.78 is 37.4. The molecular weight excluding hydrogens is 561 g/mol. The maximum atomic E-state index is 6.28. The minimum atomic E-state index is -2.05. The van der Waals surface area contributed by atoms with Gasteiger partial charge in [-0.05, 0) is 131 Å². The normalized spacial score (nSPS) is 15.2. The van der Waals surface area contributed by atoms with E-state index in [1.807, 2.05) is 0 Å². The monoisotopic (exact) mass is 620 g/mol. The van der Waals surface area contributed by atoms with Crippen molar-refractivity contribution in [2.45, 2.75) is 131 Å². The lowest BCUT2D eigenvalue weighted by Gasteiger charge is -2.39. The minimum absolute atomic E-state index is 1.54. The van der Waals surface area contributed by atoms with Crippen molar-refractivity contribution in [2.75, 3.05) is 0 Å². The van der Waals surface area contributed by atoms with E-state index in [0.29, 0.717) is 0 Å². The van der Waals surface area contributed by atoms with Crippen LogP contribution in [0.2, 0.25) is 131 Å². The predicted molar refractivity (Wildman–Crippen MR) is 170 cm³/mol. The molecule has 0 heterocycles. The van der Waals surface area contributed by atoms with Crippen LogP contribution in [0.4, 0.5) is 0 Å². The van der Waals surface area contributed by atoms with Crippen LogP contribution in [-0.2, 0) is 24.7 Å². The van der Waals surface area contributed by atoms with Crippen LogP contribution < -0.4 is 0 Å². The zero-order chi connectivity index (χ0) is 28.2. The van der Waals surface area contributed by atoms with Gasteiger partial charge in [-0.25, -0.2) is 0 Å². The van der Waals surface area contributed by atoms with Crippen molar-refractivity contribution in [3.8, 4) is 0 Å². The molecule has 0 unspecified atom stereocenters. The molecule has 14 heteroatoms. The first-order chi connectivity index (χ1) is 14.2. The van der Waals surface area contributed by atoms with Gasteiger partial charge in [0, 0.05) is 0 Å². The van der Waals surface area contributed by atoms with E-state index in [4.69, 9.17) is 24.7 Å². The van der Waals surface area contributed by atoms with Gasteiger partial charge >= 0.3 is 34.2 Å². The molecule has 0 radical (unpaired) electrons. The molecule has 0 aliphatic heterocycles. The molecule has 0 rings (SSSR count). The summed E-state index contributed by atoms with van der Waals surface area (Å²) in [6.45, 7) is 43.5. The number of hydrogen-bond donors (Lipinski definition) is 0. The van der Waals surface area contributed by atoms with Crippen molar-refractivity contribution in [1.29, 1.82) is 0 Å². The van der Waals surface area contributed by atoms with Gasteiger partial charge in [-0.1, -0.05) is 0 Å². The molecular formula is C20H60O6Si8. The van der Waals surface area contributed by atoms with E-state index in [1.54, 1.807) is 0 Å². The molecule has 0 aromatic heterocycles. The molecule has 0 atom stereocenters. The highest BCUT2D eigenvalue weighted by Crippen LogP contribution is 2.24. The van der Waals surface area contributed by atoms with Crippen molar-refractivity contribution < 1.29 is 24.7 Å². The fourth-order valence-corrected chi connectivity index (χ4v) is 39.5. The molecule has 0 saturated heterocycles. The lowest BCUT2D eigenvalue weighted by atomic mass is 11.8. The molecule has 0 aromatic rings. The topological polar surface area (TPSA) is 55.4 Å². The van der Waals surface area contributed by atoms with Crippen molar-refractivity contribution in [3.05, 3.63) is 0 Å². The molecule has 0 N–H and O–H groups in total. The van der Waals surface area contributed by atoms with Crippen LogP contribution in [0.3, 0.4) is 0 Å². The molecule has 34 heavy (non-hydrogen) atoms. The summed E-state index contributed by atoms with van der Waals surface area (Å²) in [5.41, 5.74) is 0. The molecule has 0 saturated carbocycles. The van der Waals surface area contributed by atoms with E-state index in [0.717, 1.165) is 0 Å². The second kappa shape index (κ2) is 12.6. The summed E-state index contributed by atoms with van der Waals surface area (Å²) in [6, 6.07) is 0. The minimum Gasteiger partial charge on any atom is -0.437 e. The van der Waals surface area contributed by atoms with E-state index >= 15 is 0 Å². The van der Waals surface area contributed by atoms with E-state index in [1.165, 1.54) is 0 Å². The lowest BCUT2D eigenvalue weighted by Crippen LogP contribution is -2.55. The second-order valence-corrected chi connectivity index (χ2v) is 47.7. The van der Waals surface area contributed by atoms with Crippen LogP contribution in [0.25, 0.3) is 0 Å². The molecule has 0 bridgehead atoms. The van der Waals surface area contributed by atoms with Gasteiger partial charge in [-0.2, -0.15) is 0 Å². The van der Waals surface area contributed by atoms with Gasteiger partial charge < -0.3 is 24.7 Å². The first kappa shape index (κ1) is 37.6. The fraction of sp³-hybridized carbons (Fsp3) is 1.00. The Morgan fingerprint density at radius 3 is 0.412 bits per heavy atom. The third kappa shape index (κ3) is 25.2. The number of rotatable bonds is 12. The quantitative estimate of drug-likeness (QED) is 0.205. The first-order valence-corrected chi connectivity index (χ1v) is 37.3. The average molecular weight is 621 g/mol. The second-order valence-electron chi connectivity index (χ2n) is 14.7. The average Bonchev–Trinajstić information content (AvgIpc) is 2.20. The summed E-state index contributed by atoms with van der Waals surface area (Å²) in [5, 5.41) is 0. The van der Waals surface area contributed by atoms with Gasteiger partial charge in [0.1, 0.15) is 0 Å². The maximum absolute atomic E-state index is 6.28. The van der Waals surface area contributed by atoms with Gasteiger partial charge in [0.25, 0.3) is 0 Å². The SMILES string of the molecule is C[Si](C)(C)O[Si](C)(C)O[Si](C)(C)O[Si](C)(C)C.C[Si](C)(C)O[Si](C)(C)O[Si](C)(C)O[Si](C)(C)C. The van der Waals surface area contributed by atoms with Crippen molar-refractivity contribution in [2.24, 2.45) is 0 Å². The molecule has 0 fully saturated rings. The van der Waals surface area contributed by atoms with Crippen LogP contribution >= 0.6 is 0 Å². The first-order valence-electron chi connectivity index (χ1n) is 12.4. The van der Waals surface area contributed by atoms with Crippen LogP contribution in [-0.4, -0.2) is 67.5 Å². The van der Waals surface area contributed by atoms with Crippen LogP contribution in [0.1, 0.15) is 0 Å². The zero-order valence-electron chi connectivity index (χ0n) is 26.4. The maximum Gasteiger partial charge on any atom is 0.312 e. The van der Waals surface area contributed by atoms with Crippen LogP contribution in [0.5, 0.6) is 0 Å². The Kier molecular flexibility index (Phi) is 13.9. The van der Waals surface area contributed by atoms with Crippen molar-refractivity contribution >= 4 is 67.5 Å². The third-order valence-corrected chi connectivity index (χ3v) is 28.7. The summed E-state index contributed by atoms with van der Waals surface area (Å²) in [5.74, 6) is 0. The Bertz CT molecular complexity index is 509. The molecule has 0 aromatic carbocycles. The molecule has 0 spiro atoms. The van der Waals surface area contributed by atoms with E-state index in [-0.39, 0.29) is 0 Å². The zero-order valence-corrected chi connectivity index (χ0v) is 34.4. The van der Waals surface area contributed by atoms with Gasteiger partial charge in [0.2, 0.25) is 0 Å². The van der Waals surface area contributed by atoms with E-state index in [9.17, 15) is 0 Å². The van der Waals surface area contributed by atoms with Gasteiger partial charge in [0.05, 0.1) is 0 Å². The molecule has 0 amide bonds. The Morgan fingerprint density at radius 2 is 0.324 bits per heavy atom. The molecule has 208 valence electrons. The van der Waals surface area contributed by atoms with Gasteiger partial charge in [-0.15, -0.1) is 0 Å².